The fraction of sp³-hybridized carbons (Fsp3) is 0.562. The van der Waals surface area contributed by atoms with Gasteiger partial charge in [-0.3, -0.25) is 4.99 Å². The molecule has 22 heavy (non-hydrogen) atoms. The first-order valence-electron chi connectivity index (χ1n) is 7.52. The van der Waals surface area contributed by atoms with Crippen molar-refractivity contribution in [1.82, 2.24) is 15.5 Å². The van der Waals surface area contributed by atoms with Crippen LogP contribution in [0.3, 0.4) is 0 Å². The lowest BCUT2D eigenvalue weighted by Crippen LogP contribution is -2.38. The van der Waals surface area contributed by atoms with Gasteiger partial charge in [0.1, 0.15) is 0 Å². The summed E-state index contributed by atoms with van der Waals surface area (Å²) in [6, 6.07) is 7.80. The molecule has 0 atom stereocenters. The first-order valence-corrected chi connectivity index (χ1v) is 7.90. The molecule has 0 fully saturated rings. The van der Waals surface area contributed by atoms with Gasteiger partial charge in [0, 0.05) is 38.8 Å². The van der Waals surface area contributed by atoms with Gasteiger partial charge in [0.15, 0.2) is 5.96 Å². The third-order valence-electron chi connectivity index (χ3n) is 3.28. The Morgan fingerprint density at radius 2 is 1.95 bits per heavy atom. The molecule has 0 heterocycles. The molecule has 0 unspecified atom stereocenters. The van der Waals surface area contributed by atoms with Crippen LogP contribution in [0.25, 0.3) is 0 Å². The van der Waals surface area contributed by atoms with Crippen LogP contribution in [0, 0.1) is 0 Å². The first-order chi connectivity index (χ1) is 10.7. The fourth-order valence-corrected chi connectivity index (χ4v) is 2.05. The smallest absolute Gasteiger partial charge is 0.191 e. The molecule has 2 N–H and O–H groups in total. The van der Waals surface area contributed by atoms with Crippen LogP contribution < -0.4 is 10.6 Å². The third kappa shape index (κ3) is 8.22. The van der Waals surface area contributed by atoms with Gasteiger partial charge in [-0.15, -0.1) is 0 Å². The summed E-state index contributed by atoms with van der Waals surface area (Å²) in [5.41, 5.74) is 1.17. The molecule has 1 rings (SSSR count). The molecule has 0 aromatic heterocycles. The Bertz CT molecular complexity index is 436. The summed E-state index contributed by atoms with van der Waals surface area (Å²) in [6.45, 7) is 4.38. The Morgan fingerprint density at radius 1 is 1.23 bits per heavy atom. The van der Waals surface area contributed by atoms with E-state index in [0.717, 1.165) is 50.2 Å². The van der Waals surface area contributed by atoms with Crippen molar-refractivity contribution in [3.8, 4) is 0 Å². The van der Waals surface area contributed by atoms with Crippen molar-refractivity contribution in [2.45, 2.75) is 13.0 Å². The molecule has 0 aliphatic carbocycles. The number of hydrogen-bond acceptors (Lipinski definition) is 3. The average molecular weight is 327 g/mol. The second-order valence-electron chi connectivity index (χ2n) is 5.13. The van der Waals surface area contributed by atoms with E-state index in [1.165, 1.54) is 5.56 Å². The molecule has 0 radical (unpaired) electrons. The zero-order valence-electron chi connectivity index (χ0n) is 13.7. The molecule has 0 amide bonds. The predicted molar refractivity (Wildman–Crippen MR) is 93.6 cm³/mol. The van der Waals surface area contributed by atoms with Gasteiger partial charge < -0.3 is 20.3 Å². The van der Waals surface area contributed by atoms with Crippen LogP contribution in [0.2, 0.25) is 5.02 Å². The molecule has 124 valence electrons. The van der Waals surface area contributed by atoms with Crippen LogP contribution in [-0.4, -0.2) is 58.3 Å². The maximum absolute atomic E-state index is 5.88. The lowest BCUT2D eigenvalue weighted by molar-refractivity contribution is 0.161. The number of guanidine groups is 1. The molecule has 1 aromatic rings. The first kappa shape index (κ1) is 18.7. The SMILES string of the molecule is CN=C(NCCCN(C)CCOC)NCc1ccc(Cl)cc1. The van der Waals surface area contributed by atoms with Crippen LogP contribution in [0.4, 0.5) is 0 Å². The van der Waals surface area contributed by atoms with E-state index in [-0.39, 0.29) is 0 Å². The van der Waals surface area contributed by atoms with Gasteiger partial charge in [0.2, 0.25) is 0 Å². The van der Waals surface area contributed by atoms with E-state index in [4.69, 9.17) is 16.3 Å². The quantitative estimate of drug-likeness (QED) is 0.414. The van der Waals surface area contributed by atoms with E-state index in [1.807, 2.05) is 24.3 Å². The minimum absolute atomic E-state index is 0.727. The van der Waals surface area contributed by atoms with Crippen LogP contribution in [0.5, 0.6) is 0 Å². The summed E-state index contributed by atoms with van der Waals surface area (Å²) in [5.74, 6) is 0.814. The molecule has 0 saturated carbocycles. The Morgan fingerprint density at radius 3 is 2.59 bits per heavy atom. The monoisotopic (exact) mass is 326 g/mol. The molecule has 0 aliphatic heterocycles. The van der Waals surface area contributed by atoms with Gasteiger partial charge in [-0.2, -0.15) is 0 Å². The number of halogens is 1. The number of nitrogens with zero attached hydrogens (tertiary/aromatic N) is 2. The summed E-state index contributed by atoms with van der Waals surface area (Å²) in [4.78, 5) is 6.48. The normalized spacial score (nSPS) is 11.8. The third-order valence-corrected chi connectivity index (χ3v) is 3.53. The van der Waals surface area contributed by atoms with Crippen molar-refractivity contribution in [1.29, 1.82) is 0 Å². The van der Waals surface area contributed by atoms with E-state index in [2.05, 4.69) is 27.6 Å². The van der Waals surface area contributed by atoms with Gasteiger partial charge in [-0.05, 0) is 37.7 Å². The van der Waals surface area contributed by atoms with Crippen molar-refractivity contribution in [3.05, 3.63) is 34.9 Å². The molecule has 0 aliphatic rings. The maximum atomic E-state index is 5.88. The summed E-state index contributed by atoms with van der Waals surface area (Å²) in [7, 11) is 5.61. The van der Waals surface area contributed by atoms with Crippen LogP contribution in [0.15, 0.2) is 29.3 Å². The van der Waals surface area contributed by atoms with Crippen molar-refractivity contribution in [2.24, 2.45) is 4.99 Å². The fourth-order valence-electron chi connectivity index (χ4n) is 1.92. The number of likely N-dealkylation sites (N-methyl/N-ethyl adjacent to an activating group) is 1. The van der Waals surface area contributed by atoms with E-state index < -0.39 is 0 Å². The summed E-state index contributed by atoms with van der Waals surface area (Å²) in [6.07, 6.45) is 1.06. The van der Waals surface area contributed by atoms with E-state index in [1.54, 1.807) is 14.2 Å². The predicted octanol–water partition coefficient (Wildman–Crippen LogP) is 1.97. The Hall–Kier alpha value is -1.30. The van der Waals surface area contributed by atoms with Crippen molar-refractivity contribution < 1.29 is 4.74 Å². The van der Waals surface area contributed by atoms with Gasteiger partial charge in [0.05, 0.1) is 6.61 Å². The van der Waals surface area contributed by atoms with E-state index in [9.17, 15) is 0 Å². The zero-order valence-corrected chi connectivity index (χ0v) is 14.5. The number of aliphatic imine (C=N–C) groups is 1. The average Bonchev–Trinajstić information content (AvgIpc) is 2.53. The lowest BCUT2D eigenvalue weighted by atomic mass is 10.2. The molecule has 0 bridgehead atoms. The maximum Gasteiger partial charge on any atom is 0.191 e. The van der Waals surface area contributed by atoms with Crippen LogP contribution >= 0.6 is 11.6 Å². The number of nitrogens with one attached hydrogen (secondary N) is 2. The number of hydrogen-bond donors (Lipinski definition) is 2. The minimum Gasteiger partial charge on any atom is -0.383 e. The molecule has 1 aromatic carbocycles. The second kappa shape index (κ2) is 11.3. The van der Waals surface area contributed by atoms with Crippen molar-refractivity contribution >= 4 is 17.6 Å². The highest BCUT2D eigenvalue weighted by Crippen LogP contribution is 2.08. The molecule has 0 spiro atoms. The number of methoxy groups -OCH3 is 1. The van der Waals surface area contributed by atoms with Crippen molar-refractivity contribution in [2.75, 3.05) is 47.4 Å². The topological polar surface area (TPSA) is 48.9 Å². The lowest BCUT2D eigenvalue weighted by Gasteiger charge is -2.17. The van der Waals surface area contributed by atoms with Gasteiger partial charge >= 0.3 is 0 Å². The van der Waals surface area contributed by atoms with E-state index in [0.29, 0.717) is 0 Å². The summed E-state index contributed by atoms with van der Waals surface area (Å²) < 4.78 is 5.06. The summed E-state index contributed by atoms with van der Waals surface area (Å²) in [5, 5.41) is 7.36. The minimum atomic E-state index is 0.727. The van der Waals surface area contributed by atoms with Gasteiger partial charge in [-0.1, -0.05) is 23.7 Å². The number of rotatable bonds is 9. The standard InChI is InChI=1S/C16H27ClN4O/c1-18-16(19-9-4-10-21(2)11-12-22-3)20-13-14-5-7-15(17)8-6-14/h5-8H,4,9-13H2,1-3H3,(H2,18,19,20). The van der Waals surface area contributed by atoms with Crippen molar-refractivity contribution in [3.63, 3.8) is 0 Å². The molecule has 5 nitrogen and oxygen atoms in total. The summed E-state index contributed by atoms with van der Waals surface area (Å²) >= 11 is 5.88. The molecule has 0 saturated heterocycles. The zero-order chi connectivity index (χ0) is 16.2. The van der Waals surface area contributed by atoms with Gasteiger partial charge in [0.25, 0.3) is 0 Å². The highest BCUT2D eigenvalue weighted by atomic mass is 35.5. The highest BCUT2D eigenvalue weighted by Gasteiger charge is 2.00. The Labute approximate surface area is 138 Å². The molecule has 6 heteroatoms. The van der Waals surface area contributed by atoms with E-state index >= 15 is 0 Å². The highest BCUT2D eigenvalue weighted by molar-refractivity contribution is 6.30. The molecular formula is C16H27ClN4O. The van der Waals surface area contributed by atoms with Crippen LogP contribution in [-0.2, 0) is 11.3 Å². The van der Waals surface area contributed by atoms with Gasteiger partial charge in [-0.25, -0.2) is 0 Å². The largest absolute Gasteiger partial charge is 0.383 e. The Kier molecular flexibility index (Phi) is 9.62. The second-order valence-corrected chi connectivity index (χ2v) is 5.57. The van der Waals surface area contributed by atoms with Crippen LogP contribution in [0.1, 0.15) is 12.0 Å². The Balaban J connectivity index is 2.18. The number of ether oxygens (including phenoxy) is 1. The number of benzene rings is 1. The molecular weight excluding hydrogens is 300 g/mol.